The van der Waals surface area contributed by atoms with E-state index in [1.165, 1.54) is 6.20 Å². The average molecular weight is 339 g/mol. The van der Waals surface area contributed by atoms with Crippen LogP contribution in [0, 0.1) is 0 Å². The van der Waals surface area contributed by atoms with E-state index >= 15 is 0 Å². The van der Waals surface area contributed by atoms with E-state index in [1.54, 1.807) is 0 Å². The molecule has 1 aliphatic carbocycles. The number of pyridine rings is 1. The zero-order chi connectivity index (χ0) is 14.1. The Balaban J connectivity index is 2.16. The quantitative estimate of drug-likeness (QED) is 0.917. The molecule has 3 nitrogen and oxygen atoms in total. The lowest BCUT2D eigenvalue weighted by Crippen LogP contribution is -2.42. The summed E-state index contributed by atoms with van der Waals surface area (Å²) in [5, 5.41) is 0. The minimum Gasteiger partial charge on any atom is -0.475 e. The van der Waals surface area contributed by atoms with Gasteiger partial charge < -0.3 is 10.5 Å². The smallest absolute Gasteiger partial charge is 0.421 e. The maximum atomic E-state index is 12.9. The van der Waals surface area contributed by atoms with E-state index in [1.807, 2.05) is 0 Å². The van der Waals surface area contributed by atoms with Crippen molar-refractivity contribution in [1.82, 2.24) is 4.98 Å². The number of hydrogen-bond acceptors (Lipinski definition) is 3. The Morgan fingerprint density at radius 1 is 1.37 bits per heavy atom. The maximum absolute atomic E-state index is 12.9. The number of nitrogens with zero attached hydrogens (tertiary/aromatic N) is 1. The SMILES string of the molecule is NC1(COc2ncc(Br)cc2C(F)(F)F)CCCC1. The standard InChI is InChI=1S/C12H14BrF3N2O/c13-8-5-9(12(14,15)16)10(18-6-8)19-7-11(17)3-1-2-4-11/h5-6H,1-4,7,17H2. The highest BCUT2D eigenvalue weighted by Gasteiger charge is 2.37. The molecule has 106 valence electrons. The number of ether oxygens (including phenoxy) is 1. The van der Waals surface area contributed by atoms with Gasteiger partial charge in [0.25, 0.3) is 0 Å². The van der Waals surface area contributed by atoms with Crippen molar-refractivity contribution in [1.29, 1.82) is 0 Å². The molecule has 1 aliphatic rings. The summed E-state index contributed by atoms with van der Waals surface area (Å²) in [6.07, 6.45) is 0.293. The van der Waals surface area contributed by atoms with Gasteiger partial charge in [-0.25, -0.2) is 4.98 Å². The molecule has 0 spiro atoms. The summed E-state index contributed by atoms with van der Waals surface area (Å²) in [6.45, 7) is 0.0602. The van der Waals surface area contributed by atoms with Gasteiger partial charge in [-0.2, -0.15) is 13.2 Å². The van der Waals surface area contributed by atoms with Crippen molar-refractivity contribution < 1.29 is 17.9 Å². The van der Waals surface area contributed by atoms with Gasteiger partial charge in [0, 0.05) is 10.7 Å². The number of halogens is 4. The largest absolute Gasteiger partial charge is 0.475 e. The summed E-state index contributed by atoms with van der Waals surface area (Å²) in [5.74, 6) is -0.410. The predicted molar refractivity (Wildman–Crippen MR) is 67.8 cm³/mol. The highest BCUT2D eigenvalue weighted by Crippen LogP contribution is 2.37. The first-order valence-electron chi connectivity index (χ1n) is 5.95. The molecule has 0 radical (unpaired) electrons. The van der Waals surface area contributed by atoms with E-state index in [9.17, 15) is 13.2 Å². The van der Waals surface area contributed by atoms with Crippen molar-refractivity contribution in [3.63, 3.8) is 0 Å². The highest BCUT2D eigenvalue weighted by atomic mass is 79.9. The van der Waals surface area contributed by atoms with Crippen molar-refractivity contribution >= 4 is 15.9 Å². The third-order valence-electron chi connectivity index (χ3n) is 3.22. The summed E-state index contributed by atoms with van der Waals surface area (Å²) in [4.78, 5) is 3.69. The average Bonchev–Trinajstić information content (AvgIpc) is 2.74. The third kappa shape index (κ3) is 3.60. The molecule has 7 heteroatoms. The minimum absolute atomic E-state index is 0.0602. The molecule has 1 aromatic rings. The molecular formula is C12H14BrF3N2O. The van der Waals surface area contributed by atoms with Crippen LogP contribution in [0.2, 0.25) is 0 Å². The van der Waals surface area contributed by atoms with Crippen LogP contribution in [-0.4, -0.2) is 17.1 Å². The summed E-state index contributed by atoms with van der Waals surface area (Å²) in [5.41, 5.74) is 4.64. The number of aromatic nitrogens is 1. The monoisotopic (exact) mass is 338 g/mol. The van der Waals surface area contributed by atoms with Crippen molar-refractivity contribution in [2.75, 3.05) is 6.61 Å². The van der Waals surface area contributed by atoms with Gasteiger partial charge >= 0.3 is 6.18 Å². The minimum atomic E-state index is -4.50. The lowest BCUT2D eigenvalue weighted by atomic mass is 10.0. The van der Waals surface area contributed by atoms with Gasteiger partial charge in [-0.3, -0.25) is 0 Å². The van der Waals surface area contributed by atoms with Crippen LogP contribution in [0.1, 0.15) is 31.2 Å². The van der Waals surface area contributed by atoms with Crippen molar-refractivity contribution in [3.8, 4) is 5.88 Å². The summed E-state index contributed by atoms with van der Waals surface area (Å²) in [6, 6.07) is 0.959. The Morgan fingerprint density at radius 2 is 2.00 bits per heavy atom. The Kier molecular flexibility index (Phi) is 4.06. The number of alkyl halides is 3. The van der Waals surface area contributed by atoms with Gasteiger partial charge in [0.2, 0.25) is 5.88 Å². The lowest BCUT2D eigenvalue weighted by molar-refractivity contribution is -0.139. The zero-order valence-corrected chi connectivity index (χ0v) is 11.7. The molecule has 2 rings (SSSR count). The Morgan fingerprint density at radius 3 is 2.58 bits per heavy atom. The molecular weight excluding hydrogens is 325 g/mol. The van der Waals surface area contributed by atoms with Gasteiger partial charge in [0.15, 0.2) is 0 Å². The molecule has 0 atom stereocenters. The molecule has 0 amide bonds. The molecule has 1 aromatic heterocycles. The van der Waals surface area contributed by atoms with Gasteiger partial charge in [0.05, 0.1) is 5.54 Å². The van der Waals surface area contributed by atoms with E-state index in [0.717, 1.165) is 31.7 Å². The van der Waals surface area contributed by atoms with E-state index in [-0.39, 0.29) is 11.1 Å². The van der Waals surface area contributed by atoms with E-state index in [0.29, 0.717) is 0 Å². The fraction of sp³-hybridized carbons (Fsp3) is 0.583. The van der Waals surface area contributed by atoms with E-state index in [2.05, 4.69) is 20.9 Å². The Bertz CT molecular complexity index is 459. The van der Waals surface area contributed by atoms with Gasteiger partial charge in [-0.1, -0.05) is 12.8 Å². The second-order valence-corrected chi connectivity index (χ2v) is 5.78. The molecule has 1 saturated carbocycles. The molecule has 0 aromatic carbocycles. The molecule has 19 heavy (non-hydrogen) atoms. The van der Waals surface area contributed by atoms with Gasteiger partial charge in [-0.15, -0.1) is 0 Å². The summed E-state index contributed by atoms with van der Waals surface area (Å²) in [7, 11) is 0. The van der Waals surface area contributed by atoms with Crippen LogP contribution in [0.3, 0.4) is 0 Å². The Labute approximate surface area is 117 Å². The van der Waals surface area contributed by atoms with Crippen LogP contribution in [0.5, 0.6) is 5.88 Å². The summed E-state index contributed by atoms with van der Waals surface area (Å²) < 4.78 is 44.0. The molecule has 0 bridgehead atoms. The number of rotatable bonds is 3. The second kappa shape index (κ2) is 5.28. The van der Waals surface area contributed by atoms with Crippen molar-refractivity contribution in [2.24, 2.45) is 5.73 Å². The maximum Gasteiger partial charge on any atom is 0.421 e. The van der Waals surface area contributed by atoms with Crippen molar-refractivity contribution in [3.05, 3.63) is 22.3 Å². The first kappa shape index (κ1) is 14.6. The van der Waals surface area contributed by atoms with Crippen LogP contribution in [0.15, 0.2) is 16.7 Å². The fourth-order valence-corrected chi connectivity index (χ4v) is 2.51. The van der Waals surface area contributed by atoms with Crippen LogP contribution < -0.4 is 10.5 Å². The van der Waals surface area contributed by atoms with E-state index in [4.69, 9.17) is 10.5 Å². The van der Waals surface area contributed by atoms with Crippen LogP contribution in [-0.2, 0) is 6.18 Å². The van der Waals surface area contributed by atoms with Crippen LogP contribution >= 0.6 is 15.9 Å². The molecule has 0 aliphatic heterocycles. The predicted octanol–water partition coefficient (Wildman–Crippen LogP) is 3.51. The summed E-state index contributed by atoms with van der Waals surface area (Å²) >= 11 is 2.97. The van der Waals surface area contributed by atoms with Crippen LogP contribution in [0.4, 0.5) is 13.2 Å². The first-order valence-corrected chi connectivity index (χ1v) is 6.74. The van der Waals surface area contributed by atoms with Gasteiger partial charge in [0.1, 0.15) is 12.2 Å². The third-order valence-corrected chi connectivity index (χ3v) is 3.65. The molecule has 2 N–H and O–H groups in total. The molecule has 0 saturated heterocycles. The van der Waals surface area contributed by atoms with Gasteiger partial charge in [-0.05, 0) is 34.8 Å². The fourth-order valence-electron chi connectivity index (χ4n) is 2.18. The topological polar surface area (TPSA) is 48.1 Å². The normalized spacial score (nSPS) is 18.6. The number of nitrogens with two attached hydrogens (primary N) is 1. The lowest BCUT2D eigenvalue weighted by Gasteiger charge is -2.24. The van der Waals surface area contributed by atoms with Crippen molar-refractivity contribution in [2.45, 2.75) is 37.4 Å². The Hall–Kier alpha value is -0.820. The molecule has 1 fully saturated rings. The highest BCUT2D eigenvalue weighted by molar-refractivity contribution is 9.10. The van der Waals surface area contributed by atoms with E-state index < -0.39 is 23.2 Å². The van der Waals surface area contributed by atoms with Crippen LogP contribution in [0.25, 0.3) is 0 Å². The zero-order valence-electron chi connectivity index (χ0n) is 10.1. The number of hydrogen-bond donors (Lipinski definition) is 1. The molecule has 0 unspecified atom stereocenters. The molecule has 1 heterocycles. The second-order valence-electron chi connectivity index (χ2n) is 4.86. The first-order chi connectivity index (χ1) is 8.80.